The zero-order valence-electron chi connectivity index (χ0n) is 12.7. The van der Waals surface area contributed by atoms with Crippen molar-refractivity contribution in [3.63, 3.8) is 0 Å². The molecule has 1 heterocycles. The summed E-state index contributed by atoms with van der Waals surface area (Å²) >= 11 is 1.75. The highest BCUT2D eigenvalue weighted by Gasteiger charge is 2.08. The number of nitrogens with one attached hydrogen (secondary N) is 2. The lowest BCUT2D eigenvalue weighted by atomic mass is 10.1. The number of aliphatic hydroxyl groups is 1. The molecule has 1 unspecified atom stereocenters. The van der Waals surface area contributed by atoms with Crippen molar-refractivity contribution in [1.82, 2.24) is 10.6 Å². The van der Waals surface area contributed by atoms with E-state index in [4.69, 9.17) is 0 Å². The summed E-state index contributed by atoms with van der Waals surface area (Å²) in [5.41, 5.74) is 1.78. The van der Waals surface area contributed by atoms with E-state index in [1.54, 1.807) is 11.3 Å². The lowest BCUT2D eigenvalue weighted by Gasteiger charge is -2.13. The van der Waals surface area contributed by atoms with Gasteiger partial charge in [-0.3, -0.25) is 0 Å². The van der Waals surface area contributed by atoms with Crippen LogP contribution >= 0.6 is 11.3 Å². The summed E-state index contributed by atoms with van der Waals surface area (Å²) in [6.45, 7) is 3.17. The largest absolute Gasteiger partial charge is 0.392 e. The molecule has 0 saturated heterocycles. The maximum Gasteiger partial charge on any atom is 0.315 e. The zero-order chi connectivity index (χ0) is 15.8. The van der Waals surface area contributed by atoms with Gasteiger partial charge < -0.3 is 15.7 Å². The van der Waals surface area contributed by atoms with Crippen molar-refractivity contribution in [2.45, 2.75) is 26.5 Å². The van der Waals surface area contributed by atoms with Gasteiger partial charge in [0.1, 0.15) is 0 Å². The van der Waals surface area contributed by atoms with E-state index in [1.807, 2.05) is 30.3 Å². The highest BCUT2D eigenvalue weighted by atomic mass is 32.1. The van der Waals surface area contributed by atoms with Crippen molar-refractivity contribution >= 4 is 17.4 Å². The standard InChI is InChI=1S/C17H22N2O2S/c1-13(9-16-7-4-8-22-16)10-18-17(21)19-11-14-5-2-3-6-15(14)12-20/h2-8,13,20H,9-12H2,1H3,(H2,18,19,21). The predicted molar refractivity (Wildman–Crippen MR) is 89.8 cm³/mol. The second kappa shape index (κ2) is 8.56. The van der Waals surface area contributed by atoms with E-state index >= 15 is 0 Å². The molecule has 1 atom stereocenters. The molecular formula is C17H22N2O2S. The number of amides is 2. The van der Waals surface area contributed by atoms with Gasteiger partial charge in [0.05, 0.1) is 6.61 Å². The zero-order valence-corrected chi connectivity index (χ0v) is 13.5. The molecule has 3 N–H and O–H groups in total. The fourth-order valence-electron chi connectivity index (χ4n) is 2.23. The molecule has 0 aliphatic rings. The Hall–Kier alpha value is -1.85. The van der Waals surface area contributed by atoms with E-state index in [0.717, 1.165) is 17.5 Å². The maximum absolute atomic E-state index is 11.8. The topological polar surface area (TPSA) is 61.4 Å². The minimum atomic E-state index is -0.175. The second-order valence-corrected chi connectivity index (χ2v) is 6.41. The quantitative estimate of drug-likeness (QED) is 0.735. The lowest BCUT2D eigenvalue weighted by Crippen LogP contribution is -2.37. The van der Waals surface area contributed by atoms with Gasteiger partial charge >= 0.3 is 6.03 Å². The van der Waals surface area contributed by atoms with Crippen LogP contribution in [0.3, 0.4) is 0 Å². The van der Waals surface area contributed by atoms with Crippen LogP contribution in [-0.2, 0) is 19.6 Å². The Morgan fingerprint density at radius 2 is 1.95 bits per heavy atom. The molecule has 0 saturated carbocycles. The number of carbonyl (C=O) groups is 1. The minimum absolute atomic E-state index is 0.0165. The smallest absolute Gasteiger partial charge is 0.315 e. The molecule has 0 aliphatic heterocycles. The molecule has 0 radical (unpaired) electrons. The molecule has 0 fully saturated rings. The summed E-state index contributed by atoms with van der Waals surface area (Å²) in [5.74, 6) is 0.397. The summed E-state index contributed by atoms with van der Waals surface area (Å²) in [6, 6.07) is 11.5. The normalized spacial score (nSPS) is 11.9. The number of aliphatic hydroxyl groups excluding tert-OH is 1. The van der Waals surface area contributed by atoms with Gasteiger partial charge in [-0.05, 0) is 34.9 Å². The third kappa shape index (κ3) is 5.16. The van der Waals surface area contributed by atoms with Gasteiger partial charge in [-0.1, -0.05) is 37.3 Å². The highest BCUT2D eigenvalue weighted by molar-refractivity contribution is 7.09. The van der Waals surface area contributed by atoms with Crippen molar-refractivity contribution in [2.75, 3.05) is 6.54 Å². The number of hydrogen-bond donors (Lipinski definition) is 3. The van der Waals surface area contributed by atoms with Crippen molar-refractivity contribution in [3.05, 3.63) is 57.8 Å². The monoisotopic (exact) mass is 318 g/mol. The fourth-order valence-corrected chi connectivity index (χ4v) is 3.10. The Morgan fingerprint density at radius 1 is 1.18 bits per heavy atom. The van der Waals surface area contributed by atoms with Crippen LogP contribution in [0.15, 0.2) is 41.8 Å². The van der Waals surface area contributed by atoms with Crippen LogP contribution in [0.25, 0.3) is 0 Å². The Morgan fingerprint density at radius 3 is 2.64 bits per heavy atom. The summed E-state index contributed by atoms with van der Waals surface area (Å²) in [4.78, 5) is 13.2. The average molecular weight is 318 g/mol. The van der Waals surface area contributed by atoms with E-state index in [1.165, 1.54) is 4.88 Å². The lowest BCUT2D eigenvalue weighted by molar-refractivity contribution is 0.238. The molecular weight excluding hydrogens is 296 g/mol. The fraction of sp³-hybridized carbons (Fsp3) is 0.353. The number of hydrogen-bond acceptors (Lipinski definition) is 3. The van der Waals surface area contributed by atoms with Gasteiger partial charge in [-0.2, -0.15) is 0 Å². The SMILES string of the molecule is CC(CNC(=O)NCc1ccccc1CO)Cc1cccs1. The Bertz CT molecular complexity index is 584. The number of urea groups is 1. The first-order chi connectivity index (χ1) is 10.7. The van der Waals surface area contributed by atoms with Crippen LogP contribution in [0, 0.1) is 5.92 Å². The van der Waals surface area contributed by atoms with Crippen molar-refractivity contribution in [2.24, 2.45) is 5.92 Å². The number of thiophene rings is 1. The summed E-state index contributed by atoms with van der Waals surface area (Å²) in [7, 11) is 0. The molecule has 0 aliphatic carbocycles. The Labute approximate surface area is 135 Å². The van der Waals surface area contributed by atoms with Gasteiger partial charge in [-0.15, -0.1) is 11.3 Å². The van der Waals surface area contributed by atoms with E-state index in [0.29, 0.717) is 19.0 Å². The van der Waals surface area contributed by atoms with E-state index < -0.39 is 0 Å². The maximum atomic E-state index is 11.8. The van der Waals surface area contributed by atoms with Gasteiger partial charge in [0, 0.05) is 18.0 Å². The van der Waals surface area contributed by atoms with Gasteiger partial charge in [0.25, 0.3) is 0 Å². The van der Waals surface area contributed by atoms with Gasteiger partial charge in [0.2, 0.25) is 0 Å². The van der Waals surface area contributed by atoms with Gasteiger partial charge in [0.15, 0.2) is 0 Å². The van der Waals surface area contributed by atoms with Crippen LogP contribution in [0.1, 0.15) is 22.9 Å². The number of carbonyl (C=O) groups excluding carboxylic acids is 1. The van der Waals surface area contributed by atoms with Crippen LogP contribution in [0.4, 0.5) is 4.79 Å². The number of rotatable bonds is 7. The molecule has 2 aromatic rings. The molecule has 0 spiro atoms. The van der Waals surface area contributed by atoms with Gasteiger partial charge in [-0.25, -0.2) is 4.79 Å². The minimum Gasteiger partial charge on any atom is -0.392 e. The molecule has 4 nitrogen and oxygen atoms in total. The van der Waals surface area contributed by atoms with Crippen LogP contribution in [0.2, 0.25) is 0 Å². The predicted octanol–water partition coefficient (Wildman–Crippen LogP) is 2.92. The third-order valence-electron chi connectivity index (χ3n) is 3.47. The van der Waals surface area contributed by atoms with Crippen LogP contribution in [0.5, 0.6) is 0 Å². The first-order valence-electron chi connectivity index (χ1n) is 7.40. The molecule has 22 heavy (non-hydrogen) atoms. The first-order valence-corrected chi connectivity index (χ1v) is 8.28. The summed E-state index contributed by atoms with van der Waals surface area (Å²) < 4.78 is 0. The molecule has 118 valence electrons. The third-order valence-corrected chi connectivity index (χ3v) is 4.37. The van der Waals surface area contributed by atoms with Crippen LogP contribution in [-0.4, -0.2) is 17.7 Å². The summed E-state index contributed by atoms with van der Waals surface area (Å²) in [6.07, 6.45) is 0.977. The molecule has 1 aromatic heterocycles. The van der Waals surface area contributed by atoms with Crippen LogP contribution < -0.4 is 10.6 Å². The molecule has 0 bridgehead atoms. The van der Waals surface area contributed by atoms with E-state index in [9.17, 15) is 9.90 Å². The van der Waals surface area contributed by atoms with Crippen molar-refractivity contribution < 1.29 is 9.90 Å². The second-order valence-electron chi connectivity index (χ2n) is 5.38. The highest BCUT2D eigenvalue weighted by Crippen LogP contribution is 2.13. The first kappa shape index (κ1) is 16.5. The Kier molecular flexibility index (Phi) is 6.43. The molecule has 2 rings (SSSR count). The van der Waals surface area contributed by atoms with E-state index in [2.05, 4.69) is 29.0 Å². The van der Waals surface area contributed by atoms with Crippen molar-refractivity contribution in [3.8, 4) is 0 Å². The number of benzene rings is 1. The molecule has 1 aromatic carbocycles. The average Bonchev–Trinajstić information content (AvgIpc) is 3.04. The Balaban J connectivity index is 1.71. The molecule has 5 heteroatoms. The molecule has 2 amide bonds. The van der Waals surface area contributed by atoms with Crippen molar-refractivity contribution in [1.29, 1.82) is 0 Å². The van der Waals surface area contributed by atoms with E-state index in [-0.39, 0.29) is 12.6 Å². The summed E-state index contributed by atoms with van der Waals surface area (Å²) in [5, 5.41) is 17.0.